The van der Waals surface area contributed by atoms with Gasteiger partial charge in [-0.2, -0.15) is 4.98 Å². The fourth-order valence-electron chi connectivity index (χ4n) is 4.02. The van der Waals surface area contributed by atoms with E-state index in [0.717, 1.165) is 51.9 Å². The SMILES string of the molecule is CCOCc1oc(N2CCCC2)nc1C(=O)Nc1ccc(N2CCCCC2)c(F)c1. The number of piperidine rings is 1. The largest absolute Gasteiger partial charge is 0.425 e. The van der Waals surface area contributed by atoms with Gasteiger partial charge in [0.25, 0.3) is 11.9 Å². The van der Waals surface area contributed by atoms with E-state index in [-0.39, 0.29) is 18.1 Å². The first-order chi connectivity index (χ1) is 14.7. The molecule has 2 aromatic rings. The van der Waals surface area contributed by atoms with Crippen LogP contribution in [0, 0.1) is 5.82 Å². The molecular weight excluding hydrogens is 387 g/mol. The van der Waals surface area contributed by atoms with Crippen LogP contribution < -0.4 is 15.1 Å². The molecule has 1 amide bonds. The highest BCUT2D eigenvalue weighted by molar-refractivity contribution is 6.03. The summed E-state index contributed by atoms with van der Waals surface area (Å²) in [6.45, 7) is 6.00. The van der Waals surface area contributed by atoms with Gasteiger partial charge >= 0.3 is 0 Å². The summed E-state index contributed by atoms with van der Waals surface area (Å²) in [5, 5.41) is 2.76. The Kier molecular flexibility index (Phi) is 6.52. The summed E-state index contributed by atoms with van der Waals surface area (Å²) in [7, 11) is 0. The molecular formula is C22H29FN4O3. The summed E-state index contributed by atoms with van der Waals surface area (Å²) in [6.07, 6.45) is 5.49. The molecule has 0 saturated carbocycles. The summed E-state index contributed by atoms with van der Waals surface area (Å²) < 4.78 is 26.0. The van der Waals surface area contributed by atoms with E-state index in [1.165, 1.54) is 12.5 Å². The zero-order valence-electron chi connectivity index (χ0n) is 17.5. The van der Waals surface area contributed by atoms with Crippen LogP contribution >= 0.6 is 0 Å². The lowest BCUT2D eigenvalue weighted by molar-refractivity contribution is 0.0992. The van der Waals surface area contributed by atoms with Crippen LogP contribution in [0.1, 0.15) is 55.3 Å². The number of carbonyl (C=O) groups excluding carboxylic acids is 1. The number of hydrogen-bond donors (Lipinski definition) is 1. The Bertz CT molecular complexity index is 873. The van der Waals surface area contributed by atoms with Crippen molar-refractivity contribution in [2.24, 2.45) is 0 Å². The normalized spacial score (nSPS) is 16.9. The summed E-state index contributed by atoms with van der Waals surface area (Å²) in [6, 6.07) is 5.27. The van der Waals surface area contributed by atoms with Crippen LogP contribution in [-0.2, 0) is 11.3 Å². The van der Waals surface area contributed by atoms with Crippen LogP contribution in [-0.4, -0.2) is 43.7 Å². The lowest BCUT2D eigenvalue weighted by Crippen LogP contribution is -2.30. The second-order valence-electron chi connectivity index (χ2n) is 7.77. The summed E-state index contributed by atoms with van der Waals surface area (Å²) in [4.78, 5) is 21.4. The number of aromatic nitrogens is 1. The number of halogens is 1. The van der Waals surface area contributed by atoms with Crippen LogP contribution in [0.2, 0.25) is 0 Å². The molecule has 0 spiro atoms. The number of nitrogens with one attached hydrogen (secondary N) is 1. The number of benzene rings is 1. The van der Waals surface area contributed by atoms with E-state index in [1.807, 2.05) is 11.8 Å². The predicted octanol–water partition coefficient (Wildman–Crippen LogP) is 4.19. The van der Waals surface area contributed by atoms with E-state index >= 15 is 0 Å². The van der Waals surface area contributed by atoms with Crippen molar-refractivity contribution < 1.29 is 18.3 Å². The van der Waals surface area contributed by atoms with Gasteiger partial charge in [-0.15, -0.1) is 0 Å². The highest BCUT2D eigenvalue weighted by Gasteiger charge is 2.25. The van der Waals surface area contributed by atoms with Gasteiger partial charge in [0.05, 0.1) is 5.69 Å². The van der Waals surface area contributed by atoms with Gasteiger partial charge in [-0.05, 0) is 57.2 Å². The summed E-state index contributed by atoms with van der Waals surface area (Å²) >= 11 is 0. The molecule has 1 N–H and O–H groups in total. The van der Waals surface area contributed by atoms with Crippen molar-refractivity contribution in [2.45, 2.75) is 45.6 Å². The molecule has 0 bridgehead atoms. The molecule has 30 heavy (non-hydrogen) atoms. The molecule has 2 aliphatic rings. The zero-order chi connectivity index (χ0) is 20.9. The van der Waals surface area contributed by atoms with Crippen LogP contribution in [0.4, 0.5) is 21.8 Å². The van der Waals surface area contributed by atoms with Crippen LogP contribution in [0.5, 0.6) is 0 Å². The molecule has 2 saturated heterocycles. The zero-order valence-corrected chi connectivity index (χ0v) is 17.5. The highest BCUT2D eigenvalue weighted by atomic mass is 19.1. The van der Waals surface area contributed by atoms with Crippen molar-refractivity contribution >= 4 is 23.3 Å². The Morgan fingerprint density at radius 1 is 1.13 bits per heavy atom. The average Bonchev–Trinajstić information content (AvgIpc) is 3.43. The molecule has 0 atom stereocenters. The van der Waals surface area contributed by atoms with Gasteiger partial charge in [-0.1, -0.05) is 0 Å². The molecule has 162 valence electrons. The Morgan fingerprint density at radius 2 is 1.83 bits per heavy atom. The third kappa shape index (κ3) is 4.59. The molecule has 2 aliphatic heterocycles. The fourth-order valence-corrected chi connectivity index (χ4v) is 4.02. The Morgan fingerprint density at radius 3 is 2.53 bits per heavy atom. The maximum atomic E-state index is 14.7. The van der Waals surface area contributed by atoms with Crippen LogP contribution in [0.3, 0.4) is 0 Å². The first kappa shape index (κ1) is 20.7. The number of anilines is 3. The monoisotopic (exact) mass is 416 g/mol. The lowest BCUT2D eigenvalue weighted by Gasteiger charge is -2.29. The van der Waals surface area contributed by atoms with E-state index in [9.17, 15) is 9.18 Å². The van der Waals surface area contributed by atoms with Crippen molar-refractivity contribution in [3.05, 3.63) is 35.5 Å². The van der Waals surface area contributed by atoms with E-state index in [2.05, 4.69) is 15.2 Å². The maximum Gasteiger partial charge on any atom is 0.298 e. The first-order valence-electron chi connectivity index (χ1n) is 10.8. The summed E-state index contributed by atoms with van der Waals surface area (Å²) in [5.41, 5.74) is 1.17. The molecule has 7 nitrogen and oxygen atoms in total. The standard InChI is InChI=1S/C22H29FN4O3/c1-2-29-15-19-20(25-22(30-19)27-12-6-7-13-27)21(28)24-16-8-9-18(17(23)14-16)26-10-4-3-5-11-26/h8-9,14H,2-7,10-13,15H2,1H3,(H,24,28). The minimum Gasteiger partial charge on any atom is -0.425 e. The average molecular weight is 416 g/mol. The molecule has 0 unspecified atom stereocenters. The van der Waals surface area contributed by atoms with E-state index in [0.29, 0.717) is 29.8 Å². The number of carbonyl (C=O) groups is 1. The Labute approximate surface area is 176 Å². The topological polar surface area (TPSA) is 70.8 Å². The minimum atomic E-state index is -0.427. The lowest BCUT2D eigenvalue weighted by atomic mass is 10.1. The van der Waals surface area contributed by atoms with Gasteiger partial charge in [0.1, 0.15) is 12.4 Å². The molecule has 0 aliphatic carbocycles. The van der Waals surface area contributed by atoms with E-state index in [4.69, 9.17) is 9.15 Å². The van der Waals surface area contributed by atoms with Gasteiger partial charge in [0, 0.05) is 38.5 Å². The van der Waals surface area contributed by atoms with E-state index in [1.54, 1.807) is 12.1 Å². The number of nitrogens with zero attached hydrogens (tertiary/aromatic N) is 3. The third-order valence-electron chi connectivity index (χ3n) is 5.62. The maximum absolute atomic E-state index is 14.7. The highest BCUT2D eigenvalue weighted by Crippen LogP contribution is 2.27. The van der Waals surface area contributed by atoms with Crippen LogP contribution in [0.15, 0.2) is 22.6 Å². The number of amides is 1. The second-order valence-corrected chi connectivity index (χ2v) is 7.77. The molecule has 3 heterocycles. The fraction of sp³-hybridized carbons (Fsp3) is 0.545. The van der Waals surface area contributed by atoms with E-state index < -0.39 is 5.91 Å². The number of oxazole rings is 1. The van der Waals surface area contributed by atoms with Gasteiger partial charge in [-0.3, -0.25) is 4.79 Å². The predicted molar refractivity (Wildman–Crippen MR) is 114 cm³/mol. The molecule has 2 fully saturated rings. The van der Waals surface area contributed by atoms with Crippen molar-refractivity contribution in [2.75, 3.05) is 47.9 Å². The Hall–Kier alpha value is -2.61. The molecule has 8 heteroatoms. The quantitative estimate of drug-likeness (QED) is 0.730. The van der Waals surface area contributed by atoms with Gasteiger partial charge in [0.2, 0.25) is 0 Å². The minimum absolute atomic E-state index is 0.169. The third-order valence-corrected chi connectivity index (χ3v) is 5.62. The molecule has 4 rings (SSSR count). The number of rotatable bonds is 7. The van der Waals surface area contributed by atoms with Crippen molar-refractivity contribution in [3.63, 3.8) is 0 Å². The molecule has 0 radical (unpaired) electrons. The number of hydrogen-bond acceptors (Lipinski definition) is 6. The number of ether oxygens (including phenoxy) is 1. The van der Waals surface area contributed by atoms with Crippen molar-refractivity contribution in [1.82, 2.24) is 4.98 Å². The molecule has 1 aromatic heterocycles. The first-order valence-corrected chi connectivity index (χ1v) is 10.8. The second kappa shape index (κ2) is 9.47. The smallest absolute Gasteiger partial charge is 0.298 e. The summed E-state index contributed by atoms with van der Waals surface area (Å²) in [5.74, 6) is -0.368. The van der Waals surface area contributed by atoms with Crippen molar-refractivity contribution in [1.29, 1.82) is 0 Å². The van der Waals surface area contributed by atoms with Gasteiger partial charge in [-0.25, -0.2) is 4.39 Å². The van der Waals surface area contributed by atoms with Crippen molar-refractivity contribution in [3.8, 4) is 0 Å². The van der Waals surface area contributed by atoms with Gasteiger partial charge < -0.3 is 24.3 Å². The van der Waals surface area contributed by atoms with Crippen LogP contribution in [0.25, 0.3) is 0 Å². The Balaban J connectivity index is 1.50. The van der Waals surface area contributed by atoms with Gasteiger partial charge in [0.15, 0.2) is 11.5 Å². The molecule has 1 aromatic carbocycles.